The molecule has 4 heteroatoms. The summed E-state index contributed by atoms with van der Waals surface area (Å²) in [5, 5.41) is 4.19. The van der Waals surface area contributed by atoms with Crippen LogP contribution in [0.25, 0.3) is 0 Å². The summed E-state index contributed by atoms with van der Waals surface area (Å²) in [5.41, 5.74) is 2.37. The molecule has 1 fully saturated rings. The molecular weight excluding hydrogens is 250 g/mol. The monoisotopic (exact) mass is 269 g/mol. The molecule has 1 heterocycles. The standard InChI is InChI=1S/C14H20ClNO2/c1-4-18-14-5-9(2)11(6-12(14)15)13-8-17-7-10(3)16-13/h5-6,10,13,16H,4,7-8H2,1-3H3. The zero-order chi connectivity index (χ0) is 13.1. The number of hydrogen-bond donors (Lipinski definition) is 1. The van der Waals surface area contributed by atoms with Gasteiger partial charge in [-0.15, -0.1) is 0 Å². The Balaban J connectivity index is 2.25. The van der Waals surface area contributed by atoms with E-state index in [9.17, 15) is 0 Å². The predicted molar refractivity (Wildman–Crippen MR) is 73.5 cm³/mol. The van der Waals surface area contributed by atoms with Crippen LogP contribution in [0.3, 0.4) is 0 Å². The van der Waals surface area contributed by atoms with E-state index in [-0.39, 0.29) is 6.04 Å². The Morgan fingerprint density at radius 1 is 1.44 bits per heavy atom. The first-order valence-electron chi connectivity index (χ1n) is 6.38. The van der Waals surface area contributed by atoms with Crippen molar-refractivity contribution in [3.63, 3.8) is 0 Å². The highest BCUT2D eigenvalue weighted by Crippen LogP contribution is 2.32. The summed E-state index contributed by atoms with van der Waals surface area (Å²) in [6.45, 7) is 8.24. The van der Waals surface area contributed by atoms with Gasteiger partial charge in [0.25, 0.3) is 0 Å². The second-order valence-electron chi connectivity index (χ2n) is 4.73. The highest BCUT2D eigenvalue weighted by molar-refractivity contribution is 6.32. The SMILES string of the molecule is CCOc1cc(C)c(C2COCC(C)N2)cc1Cl. The Kier molecular flexibility index (Phi) is 4.49. The summed E-state index contributed by atoms with van der Waals surface area (Å²) < 4.78 is 11.1. The zero-order valence-corrected chi connectivity index (χ0v) is 11.9. The molecule has 100 valence electrons. The summed E-state index contributed by atoms with van der Waals surface area (Å²) in [5.74, 6) is 0.755. The molecule has 1 aromatic carbocycles. The lowest BCUT2D eigenvalue weighted by Gasteiger charge is -2.30. The number of halogens is 1. The molecule has 0 aromatic heterocycles. The second-order valence-corrected chi connectivity index (χ2v) is 5.14. The molecular formula is C14H20ClNO2. The molecule has 0 spiro atoms. The van der Waals surface area contributed by atoms with Crippen molar-refractivity contribution in [2.45, 2.75) is 32.9 Å². The summed E-state index contributed by atoms with van der Waals surface area (Å²) in [6, 6.07) is 4.57. The molecule has 1 aromatic rings. The van der Waals surface area contributed by atoms with Crippen LogP contribution in [-0.4, -0.2) is 25.9 Å². The first-order valence-corrected chi connectivity index (χ1v) is 6.76. The van der Waals surface area contributed by atoms with E-state index in [1.54, 1.807) is 0 Å². The maximum absolute atomic E-state index is 6.24. The molecule has 0 radical (unpaired) electrons. The molecule has 0 saturated carbocycles. The lowest BCUT2D eigenvalue weighted by molar-refractivity contribution is 0.0502. The van der Waals surface area contributed by atoms with Crippen molar-refractivity contribution in [2.75, 3.05) is 19.8 Å². The van der Waals surface area contributed by atoms with Crippen LogP contribution in [0, 0.1) is 6.92 Å². The van der Waals surface area contributed by atoms with Crippen LogP contribution in [0.1, 0.15) is 31.0 Å². The van der Waals surface area contributed by atoms with Gasteiger partial charge >= 0.3 is 0 Å². The first-order chi connectivity index (χ1) is 8.61. The van der Waals surface area contributed by atoms with Crippen LogP contribution in [0.2, 0.25) is 5.02 Å². The van der Waals surface area contributed by atoms with Gasteiger partial charge in [0.2, 0.25) is 0 Å². The Morgan fingerprint density at radius 3 is 2.89 bits per heavy atom. The molecule has 1 N–H and O–H groups in total. The molecule has 3 nitrogen and oxygen atoms in total. The number of aryl methyl sites for hydroxylation is 1. The Hall–Kier alpha value is -0.770. The fraction of sp³-hybridized carbons (Fsp3) is 0.571. The molecule has 1 aliphatic rings. The van der Waals surface area contributed by atoms with Gasteiger partial charge in [0.05, 0.1) is 30.9 Å². The van der Waals surface area contributed by atoms with Gasteiger partial charge in [0.15, 0.2) is 0 Å². The summed E-state index contributed by atoms with van der Waals surface area (Å²) >= 11 is 6.24. The predicted octanol–water partition coefficient (Wildman–Crippen LogP) is 3.10. The fourth-order valence-corrected chi connectivity index (χ4v) is 2.52. The third kappa shape index (κ3) is 2.97. The largest absolute Gasteiger partial charge is 0.492 e. The van der Waals surface area contributed by atoms with Gasteiger partial charge in [-0.05, 0) is 44.0 Å². The van der Waals surface area contributed by atoms with Crippen molar-refractivity contribution < 1.29 is 9.47 Å². The minimum Gasteiger partial charge on any atom is -0.492 e. The molecule has 0 aliphatic carbocycles. The van der Waals surface area contributed by atoms with E-state index >= 15 is 0 Å². The van der Waals surface area contributed by atoms with Crippen molar-refractivity contribution in [3.05, 3.63) is 28.3 Å². The number of nitrogens with one attached hydrogen (secondary N) is 1. The van der Waals surface area contributed by atoms with Crippen LogP contribution >= 0.6 is 11.6 Å². The lowest BCUT2D eigenvalue weighted by Crippen LogP contribution is -2.42. The average molecular weight is 270 g/mol. The molecule has 0 bridgehead atoms. The summed E-state index contributed by atoms with van der Waals surface area (Å²) in [4.78, 5) is 0. The average Bonchev–Trinajstić information content (AvgIpc) is 2.33. The van der Waals surface area contributed by atoms with E-state index in [2.05, 4.69) is 19.2 Å². The number of morpholine rings is 1. The molecule has 1 saturated heterocycles. The van der Waals surface area contributed by atoms with Gasteiger partial charge in [0.1, 0.15) is 5.75 Å². The Labute approximate surface area is 113 Å². The maximum Gasteiger partial charge on any atom is 0.138 e. The minimum absolute atomic E-state index is 0.210. The summed E-state index contributed by atoms with van der Waals surface area (Å²) in [7, 11) is 0. The van der Waals surface area contributed by atoms with Crippen molar-refractivity contribution >= 4 is 11.6 Å². The first kappa shape index (κ1) is 13.7. The number of benzene rings is 1. The maximum atomic E-state index is 6.24. The molecule has 0 amide bonds. The van der Waals surface area contributed by atoms with Crippen LogP contribution in [-0.2, 0) is 4.74 Å². The van der Waals surface area contributed by atoms with Crippen LogP contribution in [0.15, 0.2) is 12.1 Å². The quantitative estimate of drug-likeness (QED) is 0.915. The van der Waals surface area contributed by atoms with E-state index in [0.717, 1.165) is 12.4 Å². The van der Waals surface area contributed by atoms with Gasteiger partial charge in [-0.3, -0.25) is 0 Å². The summed E-state index contributed by atoms with van der Waals surface area (Å²) in [6.07, 6.45) is 0. The molecule has 2 rings (SSSR count). The van der Waals surface area contributed by atoms with E-state index in [4.69, 9.17) is 21.1 Å². The van der Waals surface area contributed by atoms with Gasteiger partial charge in [-0.2, -0.15) is 0 Å². The molecule has 2 unspecified atom stereocenters. The van der Waals surface area contributed by atoms with Gasteiger partial charge < -0.3 is 14.8 Å². The van der Waals surface area contributed by atoms with E-state index < -0.39 is 0 Å². The van der Waals surface area contributed by atoms with Gasteiger partial charge in [-0.25, -0.2) is 0 Å². The fourth-order valence-electron chi connectivity index (χ4n) is 2.29. The molecule has 2 atom stereocenters. The minimum atomic E-state index is 0.210. The van der Waals surface area contributed by atoms with Crippen molar-refractivity contribution in [1.82, 2.24) is 5.32 Å². The Morgan fingerprint density at radius 2 is 2.22 bits per heavy atom. The third-order valence-electron chi connectivity index (χ3n) is 3.13. The normalized spacial score (nSPS) is 24.0. The molecule has 1 aliphatic heterocycles. The lowest BCUT2D eigenvalue weighted by atomic mass is 10.00. The second kappa shape index (κ2) is 5.91. The highest BCUT2D eigenvalue weighted by atomic mass is 35.5. The van der Waals surface area contributed by atoms with Crippen LogP contribution < -0.4 is 10.1 Å². The third-order valence-corrected chi connectivity index (χ3v) is 3.43. The Bertz CT molecular complexity index is 423. The van der Waals surface area contributed by atoms with Crippen molar-refractivity contribution in [2.24, 2.45) is 0 Å². The van der Waals surface area contributed by atoms with Crippen molar-refractivity contribution in [3.8, 4) is 5.75 Å². The number of ether oxygens (including phenoxy) is 2. The number of rotatable bonds is 3. The van der Waals surface area contributed by atoms with Gasteiger partial charge in [-0.1, -0.05) is 11.6 Å². The zero-order valence-electron chi connectivity index (χ0n) is 11.1. The van der Waals surface area contributed by atoms with Crippen LogP contribution in [0.5, 0.6) is 5.75 Å². The van der Waals surface area contributed by atoms with Crippen molar-refractivity contribution in [1.29, 1.82) is 0 Å². The topological polar surface area (TPSA) is 30.5 Å². The van der Waals surface area contributed by atoms with E-state index in [1.807, 2.05) is 19.1 Å². The van der Waals surface area contributed by atoms with Crippen LogP contribution in [0.4, 0.5) is 0 Å². The highest BCUT2D eigenvalue weighted by Gasteiger charge is 2.22. The molecule has 18 heavy (non-hydrogen) atoms. The van der Waals surface area contributed by atoms with Gasteiger partial charge in [0, 0.05) is 6.04 Å². The number of hydrogen-bond acceptors (Lipinski definition) is 3. The van der Waals surface area contributed by atoms with E-state index in [1.165, 1.54) is 11.1 Å². The smallest absolute Gasteiger partial charge is 0.138 e. The van der Waals surface area contributed by atoms with E-state index in [0.29, 0.717) is 24.3 Å².